The Bertz CT molecular complexity index is 1200. The maximum atomic E-state index is 13.2. The first kappa shape index (κ1) is 19.6. The lowest BCUT2D eigenvalue weighted by Crippen LogP contribution is -2.14. The van der Waals surface area contributed by atoms with E-state index in [-0.39, 0.29) is 29.4 Å². The first-order chi connectivity index (χ1) is 13.8. The van der Waals surface area contributed by atoms with E-state index in [0.717, 1.165) is 30.5 Å². The zero-order valence-electron chi connectivity index (χ0n) is 14.5. The zero-order chi connectivity index (χ0) is 21.1. The molecule has 29 heavy (non-hydrogen) atoms. The van der Waals surface area contributed by atoms with E-state index in [4.69, 9.17) is 9.15 Å². The maximum Gasteiger partial charge on any atom is 0.318 e. The Morgan fingerprint density at radius 1 is 1.10 bits per heavy atom. The lowest BCUT2D eigenvalue weighted by Gasteiger charge is -2.05. The van der Waals surface area contributed by atoms with Crippen LogP contribution in [0.2, 0.25) is 0 Å². The van der Waals surface area contributed by atoms with Crippen LogP contribution in [0.3, 0.4) is 0 Å². The molecule has 0 unspecified atom stereocenters. The molecule has 3 rings (SSSR count). The zero-order valence-corrected chi connectivity index (χ0v) is 14.5. The second-order valence-corrected chi connectivity index (χ2v) is 5.87. The Balaban J connectivity index is 1.75. The Labute approximate surface area is 160 Å². The molecule has 0 fully saturated rings. The van der Waals surface area contributed by atoms with Gasteiger partial charge in [0, 0.05) is 17.7 Å². The van der Waals surface area contributed by atoms with Crippen molar-refractivity contribution in [1.29, 1.82) is 0 Å². The molecule has 3 aromatic rings. The van der Waals surface area contributed by atoms with Crippen molar-refractivity contribution in [2.45, 2.75) is 12.8 Å². The van der Waals surface area contributed by atoms with Gasteiger partial charge >= 0.3 is 11.7 Å². The molecule has 2 aromatic carbocycles. The van der Waals surface area contributed by atoms with Crippen molar-refractivity contribution in [2.24, 2.45) is 0 Å². The minimum absolute atomic E-state index is 0.0582. The Morgan fingerprint density at radius 2 is 1.86 bits per heavy atom. The summed E-state index contributed by atoms with van der Waals surface area (Å²) in [5.41, 5.74) is -1.51. The summed E-state index contributed by atoms with van der Waals surface area (Å²) in [6.45, 7) is 0. The number of carbonyl (C=O) groups excluding carboxylic acids is 1. The molecule has 0 saturated heterocycles. The number of non-ortho nitro benzene ring substituents is 1. The van der Waals surface area contributed by atoms with Crippen LogP contribution < -0.4 is 10.2 Å². The molecule has 11 heteroatoms. The van der Waals surface area contributed by atoms with Crippen molar-refractivity contribution < 1.29 is 28.2 Å². The first-order valence-corrected chi connectivity index (χ1v) is 8.09. The summed E-state index contributed by atoms with van der Waals surface area (Å²) in [5.74, 6) is -1.91. The number of aryl methyl sites for hydroxylation is 1. The number of ether oxygens (including phenoxy) is 1. The highest BCUT2D eigenvalue weighted by atomic mass is 19.1. The Morgan fingerprint density at radius 3 is 2.55 bits per heavy atom. The number of carbonyl (C=O) groups is 1. The van der Waals surface area contributed by atoms with Crippen LogP contribution in [0.1, 0.15) is 12.0 Å². The minimum Gasteiger partial charge on any atom is -0.464 e. The average Bonchev–Trinajstić information content (AvgIpc) is 2.67. The molecule has 0 spiro atoms. The third-order valence-electron chi connectivity index (χ3n) is 3.98. The molecule has 1 heterocycles. The first-order valence-electron chi connectivity index (χ1n) is 8.09. The van der Waals surface area contributed by atoms with E-state index in [1.54, 1.807) is 0 Å². The molecule has 0 radical (unpaired) electrons. The highest BCUT2D eigenvalue weighted by Gasteiger charge is 2.22. The quantitative estimate of drug-likeness (QED) is 0.264. The predicted octanol–water partition coefficient (Wildman–Crippen LogP) is 3.29. The summed E-state index contributed by atoms with van der Waals surface area (Å²) in [5, 5.41) is 21.9. The third kappa shape index (κ3) is 4.24. The van der Waals surface area contributed by atoms with Crippen molar-refractivity contribution in [3.05, 3.63) is 84.5 Å². The van der Waals surface area contributed by atoms with Gasteiger partial charge in [-0.1, -0.05) is 0 Å². The van der Waals surface area contributed by atoms with Gasteiger partial charge in [-0.3, -0.25) is 29.8 Å². The van der Waals surface area contributed by atoms with Gasteiger partial charge in [0.2, 0.25) is 5.75 Å². The van der Waals surface area contributed by atoms with E-state index in [2.05, 4.69) is 0 Å². The van der Waals surface area contributed by atoms with Crippen molar-refractivity contribution in [3.63, 3.8) is 0 Å². The summed E-state index contributed by atoms with van der Waals surface area (Å²) < 4.78 is 23.3. The van der Waals surface area contributed by atoms with Crippen molar-refractivity contribution in [1.82, 2.24) is 0 Å². The van der Waals surface area contributed by atoms with Crippen molar-refractivity contribution in [3.8, 4) is 5.75 Å². The van der Waals surface area contributed by atoms with Crippen LogP contribution >= 0.6 is 0 Å². The van der Waals surface area contributed by atoms with Crippen molar-refractivity contribution in [2.75, 3.05) is 0 Å². The molecule has 10 nitrogen and oxygen atoms in total. The fourth-order valence-corrected chi connectivity index (χ4v) is 2.57. The average molecular weight is 402 g/mol. The molecule has 0 bridgehead atoms. The topological polar surface area (TPSA) is 143 Å². The molecule has 0 saturated carbocycles. The molecule has 0 amide bonds. The monoisotopic (exact) mass is 402 g/mol. The predicted molar refractivity (Wildman–Crippen MR) is 96.1 cm³/mol. The third-order valence-corrected chi connectivity index (χ3v) is 3.98. The lowest BCUT2D eigenvalue weighted by atomic mass is 10.1. The molecular formula is C18H11FN2O8. The van der Waals surface area contributed by atoms with Gasteiger partial charge in [0.15, 0.2) is 5.43 Å². The molecule has 148 valence electrons. The van der Waals surface area contributed by atoms with Gasteiger partial charge in [0.05, 0.1) is 34.0 Å². The van der Waals surface area contributed by atoms with E-state index in [9.17, 15) is 34.2 Å². The van der Waals surface area contributed by atoms with Gasteiger partial charge in [0.1, 0.15) is 11.4 Å². The molecule has 0 aliphatic carbocycles. The smallest absolute Gasteiger partial charge is 0.318 e. The number of nitro groups is 2. The van der Waals surface area contributed by atoms with Crippen LogP contribution in [0.4, 0.5) is 15.8 Å². The number of hydrogen-bond donors (Lipinski definition) is 0. The van der Waals surface area contributed by atoms with Crippen LogP contribution in [0.15, 0.2) is 51.9 Å². The molecule has 0 N–H and O–H groups in total. The standard InChI is InChI=1S/C18H11FN2O8/c19-11-2-4-13-16(7-11)28-9-10(18(13)23)1-6-17(22)29-15-5-3-12(20(24)25)8-14(15)21(26)27/h2-5,7-9H,1,6H2. The lowest BCUT2D eigenvalue weighted by molar-refractivity contribution is -0.394. The van der Waals surface area contributed by atoms with Gasteiger partial charge in [-0.25, -0.2) is 4.39 Å². The summed E-state index contributed by atoms with van der Waals surface area (Å²) in [7, 11) is 0. The van der Waals surface area contributed by atoms with Crippen LogP contribution in [-0.2, 0) is 11.2 Å². The molecule has 1 aromatic heterocycles. The van der Waals surface area contributed by atoms with E-state index < -0.39 is 44.2 Å². The van der Waals surface area contributed by atoms with Crippen LogP contribution in [0.25, 0.3) is 11.0 Å². The highest BCUT2D eigenvalue weighted by Crippen LogP contribution is 2.31. The van der Waals surface area contributed by atoms with Gasteiger partial charge in [-0.15, -0.1) is 0 Å². The second-order valence-electron chi connectivity index (χ2n) is 5.87. The number of rotatable bonds is 6. The minimum atomic E-state index is -0.910. The Kier molecular flexibility index (Phi) is 5.30. The van der Waals surface area contributed by atoms with Crippen LogP contribution in [0.5, 0.6) is 5.75 Å². The summed E-state index contributed by atoms with van der Waals surface area (Å²) in [6.07, 6.45) is 0.701. The van der Waals surface area contributed by atoms with Crippen molar-refractivity contribution >= 4 is 28.3 Å². The van der Waals surface area contributed by atoms with E-state index >= 15 is 0 Å². The fourth-order valence-electron chi connectivity index (χ4n) is 2.57. The number of esters is 1. The summed E-state index contributed by atoms with van der Waals surface area (Å²) in [4.78, 5) is 44.5. The largest absolute Gasteiger partial charge is 0.464 e. The van der Waals surface area contributed by atoms with E-state index in [0.29, 0.717) is 6.07 Å². The van der Waals surface area contributed by atoms with Gasteiger partial charge < -0.3 is 9.15 Å². The van der Waals surface area contributed by atoms with E-state index in [1.165, 1.54) is 6.07 Å². The normalized spacial score (nSPS) is 10.7. The fraction of sp³-hybridized carbons (Fsp3) is 0.111. The number of nitrogens with zero attached hydrogens (tertiary/aromatic N) is 2. The molecular weight excluding hydrogens is 391 g/mol. The molecule has 0 aliphatic heterocycles. The Hall–Kier alpha value is -4.15. The SMILES string of the molecule is O=C(CCc1coc2cc(F)ccc2c1=O)Oc1ccc([N+](=O)[O-])cc1[N+](=O)[O-]. The maximum absolute atomic E-state index is 13.2. The number of halogens is 1. The number of benzene rings is 2. The summed E-state index contributed by atoms with van der Waals surface area (Å²) in [6, 6.07) is 6.02. The number of fused-ring (bicyclic) bond motifs is 1. The van der Waals surface area contributed by atoms with Crippen LogP contribution in [-0.4, -0.2) is 15.8 Å². The number of hydrogen-bond acceptors (Lipinski definition) is 8. The van der Waals surface area contributed by atoms with Gasteiger partial charge in [-0.2, -0.15) is 0 Å². The van der Waals surface area contributed by atoms with Gasteiger partial charge in [-0.05, 0) is 24.6 Å². The number of nitro benzene ring substituents is 2. The van der Waals surface area contributed by atoms with E-state index in [1.807, 2.05) is 0 Å². The second kappa shape index (κ2) is 7.84. The highest BCUT2D eigenvalue weighted by molar-refractivity contribution is 5.77. The molecule has 0 atom stereocenters. The van der Waals surface area contributed by atoms with Crippen LogP contribution in [0, 0.1) is 26.0 Å². The van der Waals surface area contributed by atoms with Gasteiger partial charge in [0.25, 0.3) is 5.69 Å². The molecule has 0 aliphatic rings. The summed E-state index contributed by atoms with van der Waals surface area (Å²) >= 11 is 0.